The van der Waals surface area contributed by atoms with Crippen molar-refractivity contribution in [2.75, 3.05) is 46.8 Å². The Morgan fingerprint density at radius 3 is 2.50 bits per heavy atom. The van der Waals surface area contributed by atoms with E-state index in [2.05, 4.69) is 49.1 Å². The molecule has 0 aromatic heterocycles. The van der Waals surface area contributed by atoms with E-state index in [-0.39, 0.29) is 0 Å². The molecule has 4 heteroatoms. The van der Waals surface area contributed by atoms with E-state index in [1.165, 1.54) is 37.9 Å². The van der Waals surface area contributed by atoms with Gasteiger partial charge < -0.3 is 18.9 Å². The molecule has 4 rings (SSSR count). The summed E-state index contributed by atoms with van der Waals surface area (Å²) in [6.07, 6.45) is 7.58. The van der Waals surface area contributed by atoms with E-state index in [9.17, 15) is 0 Å². The van der Waals surface area contributed by atoms with E-state index in [4.69, 9.17) is 18.9 Å². The summed E-state index contributed by atoms with van der Waals surface area (Å²) < 4.78 is 21.5. The Balaban J connectivity index is 1.24. The molecule has 32 heavy (non-hydrogen) atoms. The molecule has 0 saturated carbocycles. The fraction of sp³-hybridized carbons (Fsp3) is 0.429. The van der Waals surface area contributed by atoms with Gasteiger partial charge in [-0.1, -0.05) is 49.1 Å². The Kier molecular flexibility index (Phi) is 8.16. The van der Waals surface area contributed by atoms with Crippen LogP contribution in [0.2, 0.25) is 0 Å². The van der Waals surface area contributed by atoms with Crippen molar-refractivity contribution in [3.05, 3.63) is 65.1 Å². The van der Waals surface area contributed by atoms with Gasteiger partial charge in [-0.25, -0.2) is 0 Å². The largest absolute Gasteiger partial charge is 0.496 e. The van der Waals surface area contributed by atoms with Crippen molar-refractivity contribution in [3.63, 3.8) is 0 Å². The van der Waals surface area contributed by atoms with Crippen molar-refractivity contribution in [2.45, 2.75) is 32.1 Å². The number of hydrogen-bond acceptors (Lipinski definition) is 4. The van der Waals surface area contributed by atoms with Gasteiger partial charge in [-0.3, -0.25) is 0 Å². The standard InChI is InChI=1S/C28H34O4/c1-21(32-20-19-31-18-17-30-16-15-29-2)5-3-6-22-9-10-25-12-11-23-7-4-8-24-13-14-26(22)28(25)27(23)24/h7,9-14H,1,3-6,8,15-20H2,2H3. The maximum Gasteiger partial charge on any atom is 0.111 e. The number of ether oxygens (including phenoxy) is 4. The first-order valence-electron chi connectivity index (χ1n) is 11.7. The summed E-state index contributed by atoms with van der Waals surface area (Å²) in [6.45, 7) is 7.51. The van der Waals surface area contributed by atoms with Crippen molar-refractivity contribution < 1.29 is 18.9 Å². The number of aryl methyl sites for hydroxylation is 2. The van der Waals surface area contributed by atoms with Crippen LogP contribution in [0.4, 0.5) is 0 Å². The summed E-state index contributed by atoms with van der Waals surface area (Å²) in [5.41, 5.74) is 2.90. The molecule has 0 aliphatic heterocycles. The molecular weight excluding hydrogens is 400 g/mol. The number of benzene rings is 3. The fourth-order valence-electron chi connectivity index (χ4n) is 4.55. The van der Waals surface area contributed by atoms with Crippen LogP contribution in [0.3, 0.4) is 0 Å². The van der Waals surface area contributed by atoms with Crippen molar-refractivity contribution >= 4 is 27.6 Å². The molecule has 170 valence electrons. The van der Waals surface area contributed by atoms with Crippen LogP contribution < -0.4 is 5.22 Å². The van der Waals surface area contributed by atoms with E-state index in [0.29, 0.717) is 39.6 Å². The predicted molar refractivity (Wildman–Crippen MR) is 131 cm³/mol. The molecule has 0 fully saturated rings. The summed E-state index contributed by atoms with van der Waals surface area (Å²) >= 11 is 0. The normalized spacial score (nSPS) is 12.9. The average molecular weight is 435 g/mol. The zero-order valence-corrected chi connectivity index (χ0v) is 19.2. The molecule has 0 radical (unpaired) electrons. The van der Waals surface area contributed by atoms with Crippen LogP contribution in [0.5, 0.6) is 0 Å². The lowest BCUT2D eigenvalue weighted by Gasteiger charge is -2.17. The van der Waals surface area contributed by atoms with Gasteiger partial charge in [-0.2, -0.15) is 0 Å². The Bertz CT molecular complexity index is 1100. The minimum Gasteiger partial charge on any atom is -0.496 e. The maximum atomic E-state index is 5.73. The minimum atomic E-state index is 0.530. The molecule has 0 N–H and O–H groups in total. The van der Waals surface area contributed by atoms with Gasteiger partial charge in [0.15, 0.2) is 0 Å². The van der Waals surface area contributed by atoms with Gasteiger partial charge in [0.05, 0.1) is 38.8 Å². The Morgan fingerprint density at radius 1 is 0.875 bits per heavy atom. The van der Waals surface area contributed by atoms with Gasteiger partial charge in [0.1, 0.15) is 6.61 Å². The van der Waals surface area contributed by atoms with Gasteiger partial charge in [-0.15, -0.1) is 0 Å². The van der Waals surface area contributed by atoms with Crippen molar-refractivity contribution in [3.8, 4) is 0 Å². The first kappa shape index (κ1) is 22.8. The first-order chi connectivity index (χ1) is 15.8. The van der Waals surface area contributed by atoms with Crippen molar-refractivity contribution in [1.82, 2.24) is 0 Å². The molecule has 3 aromatic rings. The second-order valence-electron chi connectivity index (χ2n) is 8.33. The van der Waals surface area contributed by atoms with Crippen LogP contribution in [0.25, 0.3) is 27.6 Å². The predicted octanol–water partition coefficient (Wildman–Crippen LogP) is 4.97. The van der Waals surface area contributed by atoms with Crippen LogP contribution in [0.1, 0.15) is 30.4 Å². The van der Waals surface area contributed by atoms with Crippen LogP contribution in [0, 0.1) is 0 Å². The van der Waals surface area contributed by atoms with Gasteiger partial charge in [0.25, 0.3) is 0 Å². The zero-order chi connectivity index (χ0) is 22.2. The van der Waals surface area contributed by atoms with E-state index in [1.807, 2.05) is 0 Å². The van der Waals surface area contributed by atoms with Crippen molar-refractivity contribution in [1.29, 1.82) is 0 Å². The molecule has 0 heterocycles. The van der Waals surface area contributed by atoms with Gasteiger partial charge in [0.2, 0.25) is 0 Å². The lowest BCUT2D eigenvalue weighted by atomic mass is 9.87. The number of hydrogen-bond donors (Lipinski definition) is 0. The highest BCUT2D eigenvalue weighted by Gasteiger charge is 2.13. The lowest BCUT2D eigenvalue weighted by molar-refractivity contribution is 0.0116. The molecule has 0 spiro atoms. The average Bonchev–Trinajstić information content (AvgIpc) is 2.82. The van der Waals surface area contributed by atoms with Crippen LogP contribution in [0.15, 0.2) is 48.7 Å². The molecule has 0 amide bonds. The molecule has 0 bridgehead atoms. The minimum absolute atomic E-state index is 0.530. The SMILES string of the molecule is C=C(CCCc1ccc2ccc3c4c(ccc1c24)CCC=3)OCCOCCOCCOC. The highest BCUT2D eigenvalue weighted by atomic mass is 16.6. The second kappa shape index (κ2) is 11.5. The first-order valence-corrected chi connectivity index (χ1v) is 11.7. The topological polar surface area (TPSA) is 36.9 Å². The van der Waals surface area contributed by atoms with E-state index < -0.39 is 0 Å². The number of allylic oxidation sites excluding steroid dienone is 1. The van der Waals surface area contributed by atoms with E-state index in [0.717, 1.165) is 37.9 Å². The molecule has 4 nitrogen and oxygen atoms in total. The summed E-state index contributed by atoms with van der Waals surface area (Å²) in [5.74, 6) is 0.831. The molecule has 1 aliphatic rings. The van der Waals surface area contributed by atoms with Crippen LogP contribution in [-0.4, -0.2) is 46.8 Å². The highest BCUT2D eigenvalue weighted by Crippen LogP contribution is 2.32. The molecule has 0 atom stereocenters. The molecule has 3 aromatic carbocycles. The summed E-state index contributed by atoms with van der Waals surface area (Å²) in [4.78, 5) is 0. The quantitative estimate of drug-likeness (QED) is 0.265. The third-order valence-corrected chi connectivity index (χ3v) is 6.14. The number of methoxy groups -OCH3 is 1. The van der Waals surface area contributed by atoms with Crippen LogP contribution >= 0.6 is 0 Å². The molecular formula is C28H34O4. The fourth-order valence-corrected chi connectivity index (χ4v) is 4.55. The third kappa shape index (κ3) is 5.50. The monoisotopic (exact) mass is 434 g/mol. The third-order valence-electron chi connectivity index (χ3n) is 6.14. The molecule has 0 unspecified atom stereocenters. The Hall–Kier alpha value is -2.40. The zero-order valence-electron chi connectivity index (χ0n) is 19.2. The lowest BCUT2D eigenvalue weighted by Crippen LogP contribution is -2.11. The number of rotatable bonds is 14. The highest BCUT2D eigenvalue weighted by molar-refractivity contribution is 6.12. The van der Waals surface area contributed by atoms with Crippen LogP contribution in [-0.2, 0) is 31.8 Å². The molecule has 0 saturated heterocycles. The smallest absolute Gasteiger partial charge is 0.111 e. The summed E-state index contributed by atoms with van der Waals surface area (Å²) in [5, 5.41) is 7.03. The molecule has 1 aliphatic carbocycles. The maximum absolute atomic E-state index is 5.73. The van der Waals surface area contributed by atoms with Gasteiger partial charge in [0, 0.05) is 13.5 Å². The van der Waals surface area contributed by atoms with E-state index >= 15 is 0 Å². The Morgan fingerprint density at radius 2 is 1.66 bits per heavy atom. The van der Waals surface area contributed by atoms with Crippen molar-refractivity contribution in [2.24, 2.45) is 0 Å². The summed E-state index contributed by atoms with van der Waals surface area (Å²) in [7, 11) is 1.66. The van der Waals surface area contributed by atoms with Gasteiger partial charge in [-0.05, 0) is 63.6 Å². The van der Waals surface area contributed by atoms with Gasteiger partial charge >= 0.3 is 0 Å². The second-order valence-corrected chi connectivity index (χ2v) is 8.33. The Labute approximate surface area is 190 Å². The summed E-state index contributed by atoms with van der Waals surface area (Å²) in [6, 6.07) is 13.8. The van der Waals surface area contributed by atoms with E-state index in [1.54, 1.807) is 7.11 Å².